The van der Waals surface area contributed by atoms with Gasteiger partial charge < -0.3 is 0 Å². The molecule has 0 atom stereocenters. The largest absolute Gasteiger partial charge is 0.271 e. The molecule has 0 spiro atoms. The molecule has 1 N–H and O–H groups in total. The van der Waals surface area contributed by atoms with E-state index in [0.29, 0.717) is 5.56 Å². The van der Waals surface area contributed by atoms with E-state index in [1.165, 1.54) is 10.5 Å². The SMILES string of the molecule is O=C(NN=C1CCCCc2ccccc21)c1ccc(CSc2ccc(Cl)cc2)cc1. The monoisotopic (exact) mass is 434 g/mol. The zero-order valence-corrected chi connectivity index (χ0v) is 18.2. The number of rotatable bonds is 5. The predicted octanol–water partition coefficient (Wildman–Crippen LogP) is 6.49. The number of benzene rings is 3. The van der Waals surface area contributed by atoms with Crippen LogP contribution in [0.3, 0.4) is 0 Å². The number of carbonyl (C=O) groups is 1. The first-order valence-electron chi connectivity index (χ1n) is 10.1. The molecule has 0 heterocycles. The first-order valence-corrected chi connectivity index (χ1v) is 11.5. The average molecular weight is 435 g/mol. The van der Waals surface area contributed by atoms with Gasteiger partial charge in [0.25, 0.3) is 5.91 Å². The van der Waals surface area contributed by atoms with Gasteiger partial charge in [0.15, 0.2) is 0 Å². The maximum atomic E-state index is 12.6. The Morgan fingerprint density at radius 3 is 2.47 bits per heavy atom. The molecule has 0 radical (unpaired) electrons. The number of hydrogen-bond acceptors (Lipinski definition) is 3. The highest BCUT2D eigenvalue weighted by Crippen LogP contribution is 2.24. The summed E-state index contributed by atoms with van der Waals surface area (Å²) in [5.74, 6) is 0.656. The summed E-state index contributed by atoms with van der Waals surface area (Å²) in [6.07, 6.45) is 4.19. The number of aryl methyl sites for hydroxylation is 1. The summed E-state index contributed by atoms with van der Waals surface area (Å²) < 4.78 is 0. The van der Waals surface area contributed by atoms with E-state index in [4.69, 9.17) is 11.6 Å². The van der Waals surface area contributed by atoms with Crippen molar-refractivity contribution in [1.82, 2.24) is 5.43 Å². The molecule has 3 aromatic carbocycles. The van der Waals surface area contributed by atoms with Crippen LogP contribution in [0.2, 0.25) is 5.02 Å². The maximum absolute atomic E-state index is 12.6. The molecule has 0 saturated heterocycles. The summed E-state index contributed by atoms with van der Waals surface area (Å²) in [6, 6.07) is 23.9. The van der Waals surface area contributed by atoms with Gasteiger partial charge in [-0.3, -0.25) is 4.79 Å². The Bertz CT molecular complexity index is 1050. The highest BCUT2D eigenvalue weighted by Gasteiger charge is 2.14. The van der Waals surface area contributed by atoms with Crippen LogP contribution in [0.1, 0.15) is 46.3 Å². The third kappa shape index (κ3) is 5.32. The summed E-state index contributed by atoms with van der Waals surface area (Å²) in [7, 11) is 0. The molecule has 0 aromatic heterocycles. The summed E-state index contributed by atoms with van der Waals surface area (Å²) >= 11 is 7.67. The molecule has 1 aliphatic carbocycles. The van der Waals surface area contributed by atoms with E-state index in [2.05, 4.69) is 28.7 Å². The molecular formula is C25H23ClN2OS. The molecule has 0 aliphatic heterocycles. The lowest BCUT2D eigenvalue weighted by Gasteiger charge is -2.08. The molecule has 1 amide bonds. The maximum Gasteiger partial charge on any atom is 0.271 e. The fraction of sp³-hybridized carbons (Fsp3) is 0.200. The molecule has 0 unspecified atom stereocenters. The molecule has 0 bridgehead atoms. The topological polar surface area (TPSA) is 41.5 Å². The third-order valence-corrected chi connectivity index (χ3v) is 6.50. The Balaban J connectivity index is 1.38. The minimum atomic E-state index is -0.180. The van der Waals surface area contributed by atoms with Gasteiger partial charge in [-0.1, -0.05) is 48.0 Å². The summed E-state index contributed by atoms with van der Waals surface area (Å²) in [5, 5.41) is 5.21. The minimum Gasteiger partial charge on any atom is -0.267 e. The highest BCUT2D eigenvalue weighted by atomic mass is 35.5. The zero-order chi connectivity index (χ0) is 20.8. The van der Waals surface area contributed by atoms with Gasteiger partial charge in [0.1, 0.15) is 0 Å². The summed E-state index contributed by atoms with van der Waals surface area (Å²) in [5.41, 5.74) is 7.96. The Hall–Kier alpha value is -2.56. The molecule has 3 nitrogen and oxygen atoms in total. The lowest BCUT2D eigenvalue weighted by atomic mass is 10.0. The van der Waals surface area contributed by atoms with Crippen molar-refractivity contribution in [3.05, 3.63) is 100 Å². The average Bonchev–Trinajstić information content (AvgIpc) is 3.00. The molecular weight excluding hydrogens is 412 g/mol. The van der Waals surface area contributed by atoms with Gasteiger partial charge >= 0.3 is 0 Å². The Kier molecular flexibility index (Phi) is 6.88. The zero-order valence-electron chi connectivity index (χ0n) is 16.6. The van der Waals surface area contributed by atoms with E-state index in [1.54, 1.807) is 11.8 Å². The highest BCUT2D eigenvalue weighted by molar-refractivity contribution is 7.98. The molecule has 4 rings (SSSR count). The van der Waals surface area contributed by atoms with E-state index in [9.17, 15) is 4.79 Å². The van der Waals surface area contributed by atoms with Crippen LogP contribution in [0, 0.1) is 0 Å². The fourth-order valence-electron chi connectivity index (χ4n) is 3.51. The quantitative estimate of drug-likeness (QED) is 0.283. The molecule has 5 heteroatoms. The van der Waals surface area contributed by atoms with Crippen molar-refractivity contribution in [2.24, 2.45) is 5.10 Å². The van der Waals surface area contributed by atoms with E-state index in [0.717, 1.165) is 53.3 Å². The van der Waals surface area contributed by atoms with Gasteiger partial charge in [-0.25, -0.2) is 5.43 Å². The lowest BCUT2D eigenvalue weighted by Crippen LogP contribution is -2.20. The standard InChI is InChI=1S/C25H23ClN2OS/c26-21-13-15-22(16-14-21)30-17-18-9-11-20(12-10-18)25(29)28-27-24-8-4-2-6-19-5-1-3-7-23(19)24/h1,3,5,7,9-16H,2,4,6,8,17H2,(H,28,29). The van der Waals surface area contributed by atoms with Gasteiger partial charge in [-0.05, 0) is 73.2 Å². The second-order valence-electron chi connectivity index (χ2n) is 7.30. The van der Waals surface area contributed by atoms with E-state index in [-0.39, 0.29) is 5.91 Å². The van der Waals surface area contributed by atoms with Crippen molar-refractivity contribution in [1.29, 1.82) is 0 Å². The fourth-order valence-corrected chi connectivity index (χ4v) is 4.49. The second kappa shape index (κ2) is 9.96. The smallest absolute Gasteiger partial charge is 0.267 e. The van der Waals surface area contributed by atoms with E-state index >= 15 is 0 Å². The van der Waals surface area contributed by atoms with Gasteiger partial charge in [0, 0.05) is 26.8 Å². The van der Waals surface area contributed by atoms with Crippen LogP contribution in [0.25, 0.3) is 0 Å². The van der Waals surface area contributed by atoms with E-state index in [1.807, 2.05) is 54.6 Å². The number of carbonyl (C=O) groups excluding carboxylic acids is 1. The molecule has 1 aliphatic rings. The summed E-state index contributed by atoms with van der Waals surface area (Å²) in [4.78, 5) is 13.7. The number of nitrogens with zero attached hydrogens (tertiary/aromatic N) is 1. The van der Waals surface area contributed by atoms with Gasteiger partial charge in [-0.2, -0.15) is 5.10 Å². The number of amides is 1. The van der Waals surface area contributed by atoms with Crippen LogP contribution in [0.4, 0.5) is 0 Å². The minimum absolute atomic E-state index is 0.180. The van der Waals surface area contributed by atoms with Crippen LogP contribution in [0.5, 0.6) is 0 Å². The van der Waals surface area contributed by atoms with Crippen LogP contribution < -0.4 is 5.43 Å². The number of hydrogen-bond donors (Lipinski definition) is 1. The Labute approximate surface area is 186 Å². The van der Waals surface area contributed by atoms with Crippen molar-refractivity contribution >= 4 is 35.0 Å². The van der Waals surface area contributed by atoms with Crippen molar-refractivity contribution in [3.63, 3.8) is 0 Å². The van der Waals surface area contributed by atoms with Crippen LogP contribution in [0.15, 0.2) is 82.8 Å². The van der Waals surface area contributed by atoms with Crippen LogP contribution in [-0.4, -0.2) is 11.6 Å². The molecule has 0 saturated carbocycles. The van der Waals surface area contributed by atoms with Gasteiger partial charge in [0.2, 0.25) is 0 Å². The number of nitrogens with one attached hydrogen (secondary N) is 1. The number of thioether (sulfide) groups is 1. The van der Waals surface area contributed by atoms with Crippen molar-refractivity contribution in [3.8, 4) is 0 Å². The van der Waals surface area contributed by atoms with Crippen LogP contribution >= 0.6 is 23.4 Å². The predicted molar refractivity (Wildman–Crippen MR) is 125 cm³/mol. The summed E-state index contributed by atoms with van der Waals surface area (Å²) in [6.45, 7) is 0. The van der Waals surface area contributed by atoms with E-state index < -0.39 is 0 Å². The first kappa shape index (κ1) is 20.7. The first-order chi connectivity index (χ1) is 14.7. The third-order valence-electron chi connectivity index (χ3n) is 5.17. The normalized spacial score (nSPS) is 14.8. The van der Waals surface area contributed by atoms with Crippen molar-refractivity contribution < 1.29 is 4.79 Å². The Morgan fingerprint density at radius 2 is 1.67 bits per heavy atom. The van der Waals surface area contributed by atoms with Crippen LogP contribution in [-0.2, 0) is 12.2 Å². The second-order valence-corrected chi connectivity index (χ2v) is 8.79. The molecule has 0 fully saturated rings. The Morgan fingerprint density at radius 1 is 0.933 bits per heavy atom. The number of hydrazone groups is 1. The molecule has 152 valence electrons. The molecule has 3 aromatic rings. The van der Waals surface area contributed by atoms with Crippen molar-refractivity contribution in [2.45, 2.75) is 36.3 Å². The van der Waals surface area contributed by atoms with Gasteiger partial charge in [0.05, 0.1) is 5.71 Å². The van der Waals surface area contributed by atoms with Crippen molar-refractivity contribution in [2.75, 3.05) is 0 Å². The number of halogens is 1. The number of fused-ring (bicyclic) bond motifs is 1. The van der Waals surface area contributed by atoms with Gasteiger partial charge in [-0.15, -0.1) is 11.8 Å². The lowest BCUT2D eigenvalue weighted by molar-refractivity contribution is 0.0955. The molecule has 30 heavy (non-hydrogen) atoms.